The second kappa shape index (κ2) is 12.7. The number of primary sulfonamides is 1. The maximum atomic E-state index is 11.5. The largest absolute Gasteiger partial charge is 0.351 e. The third-order valence-electron chi connectivity index (χ3n) is 5.10. The first-order valence-electron chi connectivity index (χ1n) is 11.1. The first-order chi connectivity index (χ1) is 17.6. The molecule has 4 rings (SSSR count). The highest BCUT2D eigenvalue weighted by Gasteiger charge is 2.20. The Morgan fingerprint density at radius 2 is 1.95 bits per heavy atom. The lowest BCUT2D eigenvalue weighted by Crippen LogP contribution is -2.29. The standard InChI is InChI=1S/C19H20N6O4S3.C3H7NO/c20-32(28,29)13-6-7-14(15(11-13)25(26)27)23-21-12-17-18(16-5-4-10-30-16)22-19(31-17)24-8-2-1-3-9-24;1-4(2)3-5/h4-7,10-12,23H,1-3,8-9H2,(H2,20,28,29);3H,1-2H3. The van der Waals surface area contributed by atoms with E-state index in [1.165, 1.54) is 34.8 Å². The van der Waals surface area contributed by atoms with Gasteiger partial charge in [-0.2, -0.15) is 5.10 Å². The highest BCUT2D eigenvalue weighted by Crippen LogP contribution is 2.35. The van der Waals surface area contributed by atoms with E-state index in [2.05, 4.69) is 15.4 Å². The molecule has 0 bridgehead atoms. The van der Waals surface area contributed by atoms with Gasteiger partial charge in [-0.05, 0) is 42.8 Å². The van der Waals surface area contributed by atoms with Gasteiger partial charge in [-0.3, -0.25) is 20.3 Å². The second-order valence-corrected chi connectivity index (χ2v) is 11.7. The molecule has 0 aliphatic carbocycles. The molecule has 3 aromatic rings. The number of thiazole rings is 1. The number of hydrogen-bond donors (Lipinski definition) is 2. The van der Waals surface area contributed by atoms with Crippen LogP contribution in [-0.4, -0.2) is 63.0 Å². The lowest BCUT2D eigenvalue weighted by molar-refractivity contribution is -0.384. The molecule has 15 heteroatoms. The molecular weight excluding hydrogens is 538 g/mol. The van der Waals surface area contributed by atoms with Crippen LogP contribution in [0.25, 0.3) is 10.6 Å². The quantitative estimate of drug-likeness (QED) is 0.181. The molecule has 37 heavy (non-hydrogen) atoms. The molecule has 0 saturated carbocycles. The highest BCUT2D eigenvalue weighted by atomic mass is 32.2. The van der Waals surface area contributed by atoms with Crippen LogP contribution in [-0.2, 0) is 14.8 Å². The number of nitrogens with one attached hydrogen (secondary N) is 1. The second-order valence-electron chi connectivity index (χ2n) is 8.15. The molecule has 1 aromatic carbocycles. The van der Waals surface area contributed by atoms with E-state index in [4.69, 9.17) is 10.1 Å². The number of amides is 1. The molecule has 0 spiro atoms. The van der Waals surface area contributed by atoms with Gasteiger partial charge in [0.25, 0.3) is 5.69 Å². The summed E-state index contributed by atoms with van der Waals surface area (Å²) < 4.78 is 23.0. The zero-order valence-corrected chi connectivity index (χ0v) is 22.7. The monoisotopic (exact) mass is 565 g/mol. The molecule has 0 atom stereocenters. The third kappa shape index (κ3) is 7.79. The van der Waals surface area contributed by atoms with Crippen molar-refractivity contribution in [3.63, 3.8) is 0 Å². The van der Waals surface area contributed by atoms with Gasteiger partial charge in [-0.15, -0.1) is 11.3 Å². The number of nitro benzene ring substituents is 1. The van der Waals surface area contributed by atoms with Gasteiger partial charge in [-0.25, -0.2) is 18.5 Å². The lowest BCUT2D eigenvalue weighted by Gasteiger charge is -2.25. The maximum absolute atomic E-state index is 11.5. The van der Waals surface area contributed by atoms with Gasteiger partial charge >= 0.3 is 0 Å². The number of hydrogen-bond acceptors (Lipinski definition) is 11. The average molecular weight is 566 g/mol. The molecule has 1 aliphatic rings. The molecule has 1 fully saturated rings. The number of sulfonamides is 1. The number of nitro groups is 1. The molecule has 198 valence electrons. The van der Waals surface area contributed by atoms with E-state index in [1.807, 2.05) is 17.5 Å². The van der Waals surface area contributed by atoms with Crippen LogP contribution >= 0.6 is 22.7 Å². The molecule has 1 amide bonds. The van der Waals surface area contributed by atoms with Crippen LogP contribution < -0.4 is 15.5 Å². The zero-order chi connectivity index (χ0) is 27.0. The summed E-state index contributed by atoms with van der Waals surface area (Å²) in [5.41, 5.74) is 3.07. The Morgan fingerprint density at radius 1 is 1.24 bits per heavy atom. The minimum absolute atomic E-state index is 0.0529. The van der Waals surface area contributed by atoms with E-state index in [0.717, 1.165) is 59.0 Å². The Morgan fingerprint density at radius 3 is 2.51 bits per heavy atom. The summed E-state index contributed by atoms with van der Waals surface area (Å²) in [5.74, 6) is 0. The van der Waals surface area contributed by atoms with Gasteiger partial charge in [0.05, 0.1) is 25.8 Å². The van der Waals surface area contributed by atoms with Crippen LogP contribution in [0.15, 0.2) is 45.7 Å². The minimum atomic E-state index is -4.06. The lowest BCUT2D eigenvalue weighted by atomic mass is 10.1. The Labute approximate surface area is 222 Å². The van der Waals surface area contributed by atoms with Gasteiger partial charge in [0.1, 0.15) is 11.4 Å². The molecule has 3 N–H and O–H groups in total. The fraction of sp³-hybridized carbons (Fsp3) is 0.318. The van der Waals surface area contributed by atoms with Crippen molar-refractivity contribution in [1.29, 1.82) is 0 Å². The summed E-state index contributed by atoms with van der Waals surface area (Å²) in [5, 5.41) is 23.5. The van der Waals surface area contributed by atoms with E-state index in [0.29, 0.717) is 0 Å². The molecule has 2 aromatic heterocycles. The summed E-state index contributed by atoms with van der Waals surface area (Å²) in [4.78, 5) is 30.2. The summed E-state index contributed by atoms with van der Waals surface area (Å²) in [7, 11) is -0.684. The average Bonchev–Trinajstić information content (AvgIpc) is 3.54. The number of rotatable bonds is 8. The molecule has 0 radical (unpaired) electrons. The number of anilines is 2. The van der Waals surface area contributed by atoms with Gasteiger partial charge in [0.2, 0.25) is 16.4 Å². The van der Waals surface area contributed by atoms with Gasteiger partial charge in [-0.1, -0.05) is 17.4 Å². The van der Waals surface area contributed by atoms with E-state index in [9.17, 15) is 23.3 Å². The van der Waals surface area contributed by atoms with Crippen molar-refractivity contribution in [1.82, 2.24) is 9.88 Å². The van der Waals surface area contributed by atoms with Crippen LogP contribution in [0, 0.1) is 10.1 Å². The Hall–Kier alpha value is -3.40. The topological polar surface area (TPSA) is 164 Å². The predicted molar refractivity (Wildman–Crippen MR) is 147 cm³/mol. The summed E-state index contributed by atoms with van der Waals surface area (Å²) >= 11 is 3.09. The van der Waals surface area contributed by atoms with Crippen molar-refractivity contribution >= 4 is 61.8 Å². The van der Waals surface area contributed by atoms with E-state index in [-0.39, 0.29) is 10.6 Å². The smallest absolute Gasteiger partial charge is 0.295 e. The first kappa shape index (κ1) is 28.2. The van der Waals surface area contributed by atoms with Gasteiger partial charge < -0.3 is 9.80 Å². The Bertz CT molecular complexity index is 1350. The van der Waals surface area contributed by atoms with Gasteiger partial charge in [0.15, 0.2) is 5.13 Å². The van der Waals surface area contributed by atoms with Crippen LogP contribution in [0.4, 0.5) is 16.5 Å². The van der Waals surface area contributed by atoms with E-state index in [1.54, 1.807) is 31.6 Å². The van der Waals surface area contributed by atoms with E-state index < -0.39 is 20.6 Å². The van der Waals surface area contributed by atoms with Crippen molar-refractivity contribution < 1.29 is 18.1 Å². The number of carbonyl (C=O) groups is 1. The first-order valence-corrected chi connectivity index (χ1v) is 14.4. The molecule has 1 aliphatic heterocycles. The van der Waals surface area contributed by atoms with Crippen LogP contribution in [0.1, 0.15) is 24.1 Å². The number of carbonyl (C=O) groups excluding carboxylic acids is 1. The number of aromatic nitrogens is 1. The fourth-order valence-corrected chi connectivity index (χ4v) is 5.64. The molecule has 1 saturated heterocycles. The SMILES string of the molecule is CN(C)C=O.NS(=O)(=O)c1ccc(NN=Cc2sc(N3CCCCC3)nc2-c2cccs2)c([N+](=O)[O-])c1. The van der Waals surface area contributed by atoms with Crippen molar-refractivity contribution in [2.24, 2.45) is 10.2 Å². The number of thiophene rings is 1. The van der Waals surface area contributed by atoms with Crippen molar-refractivity contribution in [2.45, 2.75) is 24.2 Å². The third-order valence-corrected chi connectivity index (χ3v) is 7.93. The normalized spacial score (nSPS) is 13.6. The fourth-order valence-electron chi connectivity index (χ4n) is 3.31. The summed E-state index contributed by atoms with van der Waals surface area (Å²) in [6.45, 7) is 1.93. The van der Waals surface area contributed by atoms with Gasteiger partial charge in [0, 0.05) is 33.3 Å². The van der Waals surface area contributed by atoms with E-state index >= 15 is 0 Å². The molecule has 3 heterocycles. The molecule has 12 nitrogen and oxygen atoms in total. The molecule has 0 unspecified atom stereocenters. The van der Waals surface area contributed by atoms with Crippen molar-refractivity contribution in [3.05, 3.63) is 50.7 Å². The number of nitrogens with two attached hydrogens (primary N) is 1. The zero-order valence-electron chi connectivity index (χ0n) is 20.2. The van der Waals surface area contributed by atoms with Crippen LogP contribution in [0.2, 0.25) is 0 Å². The number of benzene rings is 1. The Balaban J connectivity index is 0.000000695. The maximum Gasteiger partial charge on any atom is 0.295 e. The minimum Gasteiger partial charge on any atom is -0.351 e. The number of nitrogens with zero attached hydrogens (tertiary/aromatic N) is 5. The summed E-state index contributed by atoms with van der Waals surface area (Å²) in [6, 6.07) is 7.31. The number of piperidine rings is 1. The van der Waals surface area contributed by atoms with Crippen LogP contribution in [0.5, 0.6) is 0 Å². The van der Waals surface area contributed by atoms with Crippen LogP contribution in [0.3, 0.4) is 0 Å². The Kier molecular flexibility index (Phi) is 9.68. The summed E-state index contributed by atoms with van der Waals surface area (Å²) in [6.07, 6.45) is 5.83. The number of hydrazone groups is 1. The molecular formula is C22H27N7O5S3. The predicted octanol–water partition coefficient (Wildman–Crippen LogP) is 3.57. The van der Waals surface area contributed by atoms with Crippen molar-refractivity contribution in [3.8, 4) is 10.6 Å². The van der Waals surface area contributed by atoms with Crippen molar-refractivity contribution in [2.75, 3.05) is 37.5 Å². The highest BCUT2D eigenvalue weighted by molar-refractivity contribution is 7.89.